The van der Waals surface area contributed by atoms with E-state index >= 15 is 0 Å². The van der Waals surface area contributed by atoms with Gasteiger partial charge in [0.05, 0.1) is 6.10 Å². The van der Waals surface area contributed by atoms with Gasteiger partial charge in [-0.05, 0) is 25.7 Å². The van der Waals surface area contributed by atoms with Crippen molar-refractivity contribution in [2.75, 3.05) is 6.61 Å². The molecular formula is C10H16O2. The van der Waals surface area contributed by atoms with E-state index in [0.29, 0.717) is 6.10 Å². The van der Waals surface area contributed by atoms with Gasteiger partial charge in [0.2, 0.25) is 0 Å². The van der Waals surface area contributed by atoms with Gasteiger partial charge in [-0.25, -0.2) is 0 Å². The molecule has 2 nitrogen and oxygen atoms in total. The van der Waals surface area contributed by atoms with Gasteiger partial charge >= 0.3 is 0 Å². The lowest BCUT2D eigenvalue weighted by atomic mass is 10.1. The molecule has 12 heavy (non-hydrogen) atoms. The van der Waals surface area contributed by atoms with Crippen LogP contribution < -0.4 is 0 Å². The van der Waals surface area contributed by atoms with Gasteiger partial charge in [0, 0.05) is 13.0 Å². The lowest BCUT2D eigenvalue weighted by Crippen LogP contribution is -2.20. The second-order valence-corrected chi connectivity index (χ2v) is 3.48. The summed E-state index contributed by atoms with van der Waals surface area (Å²) in [4.78, 5) is 0. The summed E-state index contributed by atoms with van der Waals surface area (Å²) in [6, 6.07) is 0. The van der Waals surface area contributed by atoms with Crippen LogP contribution in [0, 0.1) is 0 Å². The molecule has 1 heterocycles. The van der Waals surface area contributed by atoms with E-state index in [-0.39, 0.29) is 6.29 Å². The van der Waals surface area contributed by atoms with E-state index in [4.69, 9.17) is 9.47 Å². The molecule has 1 aliphatic carbocycles. The Kier molecular flexibility index (Phi) is 2.79. The smallest absolute Gasteiger partial charge is 0.158 e. The van der Waals surface area contributed by atoms with E-state index in [1.807, 2.05) is 0 Å². The maximum atomic E-state index is 5.74. The molecule has 0 radical (unpaired) electrons. The predicted molar refractivity (Wildman–Crippen MR) is 46.8 cm³/mol. The standard InChI is InChI=1S/C10H16O2/c1-2-5-9(6-3-1)12-10-7-4-8-11-10/h2,5,9-10H,1,3-4,6-8H2/t9-,10-/m1/s1. The van der Waals surface area contributed by atoms with E-state index < -0.39 is 0 Å². The normalized spacial score (nSPS) is 35.7. The summed E-state index contributed by atoms with van der Waals surface area (Å²) in [6.07, 6.45) is 10.6. The highest BCUT2D eigenvalue weighted by molar-refractivity contribution is 4.94. The van der Waals surface area contributed by atoms with Crippen LogP contribution in [-0.2, 0) is 9.47 Å². The fourth-order valence-corrected chi connectivity index (χ4v) is 1.74. The fourth-order valence-electron chi connectivity index (χ4n) is 1.74. The Labute approximate surface area is 73.5 Å². The molecule has 0 spiro atoms. The number of hydrogen-bond acceptors (Lipinski definition) is 2. The zero-order chi connectivity index (χ0) is 8.23. The predicted octanol–water partition coefficient (Wildman–Crippen LogP) is 2.25. The molecule has 0 amide bonds. The first-order valence-electron chi connectivity index (χ1n) is 4.89. The molecule has 1 aliphatic heterocycles. The van der Waals surface area contributed by atoms with Crippen LogP contribution in [-0.4, -0.2) is 19.0 Å². The maximum Gasteiger partial charge on any atom is 0.158 e. The highest BCUT2D eigenvalue weighted by Gasteiger charge is 2.20. The first-order chi connectivity index (χ1) is 5.95. The molecule has 0 aromatic heterocycles. The van der Waals surface area contributed by atoms with E-state index in [2.05, 4.69) is 12.2 Å². The van der Waals surface area contributed by atoms with Crippen molar-refractivity contribution in [3.05, 3.63) is 12.2 Å². The Morgan fingerprint density at radius 1 is 1.25 bits per heavy atom. The summed E-state index contributed by atoms with van der Waals surface area (Å²) in [6.45, 7) is 0.876. The van der Waals surface area contributed by atoms with Crippen LogP contribution >= 0.6 is 0 Å². The van der Waals surface area contributed by atoms with Crippen molar-refractivity contribution >= 4 is 0 Å². The third-order valence-electron chi connectivity index (χ3n) is 2.42. The van der Waals surface area contributed by atoms with Crippen LogP contribution in [0.15, 0.2) is 12.2 Å². The molecule has 2 aliphatic rings. The lowest BCUT2D eigenvalue weighted by molar-refractivity contribution is -0.133. The van der Waals surface area contributed by atoms with E-state index in [1.165, 1.54) is 12.8 Å². The Bertz CT molecular complexity index is 159. The van der Waals surface area contributed by atoms with Crippen molar-refractivity contribution in [2.24, 2.45) is 0 Å². The second kappa shape index (κ2) is 4.06. The van der Waals surface area contributed by atoms with Crippen LogP contribution in [0.5, 0.6) is 0 Å². The average molecular weight is 168 g/mol. The summed E-state index contributed by atoms with van der Waals surface area (Å²) < 4.78 is 11.1. The summed E-state index contributed by atoms with van der Waals surface area (Å²) in [5.74, 6) is 0. The molecule has 0 aromatic carbocycles. The summed E-state index contributed by atoms with van der Waals surface area (Å²) in [5.41, 5.74) is 0. The number of ether oxygens (including phenoxy) is 2. The van der Waals surface area contributed by atoms with Crippen LogP contribution in [0.1, 0.15) is 32.1 Å². The van der Waals surface area contributed by atoms with Gasteiger partial charge in [-0.3, -0.25) is 0 Å². The number of rotatable bonds is 2. The molecule has 0 saturated carbocycles. The van der Waals surface area contributed by atoms with Crippen LogP contribution in [0.2, 0.25) is 0 Å². The maximum absolute atomic E-state index is 5.74. The zero-order valence-corrected chi connectivity index (χ0v) is 7.37. The second-order valence-electron chi connectivity index (χ2n) is 3.48. The SMILES string of the molecule is C1=C[C@@H](O[C@@H]2CCCO2)CCC1. The summed E-state index contributed by atoms with van der Waals surface area (Å²) >= 11 is 0. The molecule has 2 rings (SSSR count). The van der Waals surface area contributed by atoms with E-state index in [1.54, 1.807) is 0 Å². The van der Waals surface area contributed by atoms with Crippen molar-refractivity contribution in [1.29, 1.82) is 0 Å². The van der Waals surface area contributed by atoms with Gasteiger partial charge in [-0.15, -0.1) is 0 Å². The van der Waals surface area contributed by atoms with Crippen LogP contribution in [0.4, 0.5) is 0 Å². The topological polar surface area (TPSA) is 18.5 Å². The van der Waals surface area contributed by atoms with Gasteiger partial charge < -0.3 is 9.47 Å². The van der Waals surface area contributed by atoms with Gasteiger partial charge in [-0.2, -0.15) is 0 Å². The molecule has 68 valence electrons. The largest absolute Gasteiger partial charge is 0.353 e. The highest BCUT2D eigenvalue weighted by atomic mass is 16.7. The Morgan fingerprint density at radius 3 is 2.92 bits per heavy atom. The van der Waals surface area contributed by atoms with Crippen LogP contribution in [0.25, 0.3) is 0 Å². The minimum Gasteiger partial charge on any atom is -0.353 e. The number of allylic oxidation sites excluding steroid dienone is 1. The highest BCUT2D eigenvalue weighted by Crippen LogP contribution is 2.20. The van der Waals surface area contributed by atoms with Gasteiger partial charge in [-0.1, -0.05) is 12.2 Å². The Balaban J connectivity index is 1.77. The third kappa shape index (κ3) is 2.08. The fraction of sp³-hybridized carbons (Fsp3) is 0.800. The first-order valence-corrected chi connectivity index (χ1v) is 4.89. The lowest BCUT2D eigenvalue weighted by Gasteiger charge is -2.20. The molecule has 0 N–H and O–H groups in total. The third-order valence-corrected chi connectivity index (χ3v) is 2.42. The van der Waals surface area contributed by atoms with E-state index in [0.717, 1.165) is 25.9 Å². The molecule has 0 bridgehead atoms. The molecular weight excluding hydrogens is 152 g/mol. The first kappa shape index (κ1) is 8.27. The van der Waals surface area contributed by atoms with Gasteiger partial charge in [0.25, 0.3) is 0 Å². The van der Waals surface area contributed by atoms with Crippen molar-refractivity contribution in [3.8, 4) is 0 Å². The van der Waals surface area contributed by atoms with Gasteiger partial charge in [0.15, 0.2) is 6.29 Å². The molecule has 2 heteroatoms. The monoisotopic (exact) mass is 168 g/mol. The van der Waals surface area contributed by atoms with Crippen molar-refractivity contribution in [2.45, 2.75) is 44.5 Å². The number of hydrogen-bond donors (Lipinski definition) is 0. The van der Waals surface area contributed by atoms with Crippen LogP contribution in [0.3, 0.4) is 0 Å². The quantitative estimate of drug-likeness (QED) is 0.589. The Hall–Kier alpha value is -0.340. The summed E-state index contributed by atoms with van der Waals surface area (Å²) in [5, 5.41) is 0. The van der Waals surface area contributed by atoms with Crippen molar-refractivity contribution in [1.82, 2.24) is 0 Å². The molecule has 1 saturated heterocycles. The zero-order valence-electron chi connectivity index (χ0n) is 7.37. The average Bonchev–Trinajstić information content (AvgIpc) is 2.59. The van der Waals surface area contributed by atoms with E-state index in [9.17, 15) is 0 Å². The van der Waals surface area contributed by atoms with Crippen molar-refractivity contribution in [3.63, 3.8) is 0 Å². The Morgan fingerprint density at radius 2 is 2.25 bits per heavy atom. The minimum atomic E-state index is 0.0812. The van der Waals surface area contributed by atoms with Gasteiger partial charge in [0.1, 0.15) is 0 Å². The summed E-state index contributed by atoms with van der Waals surface area (Å²) in [7, 11) is 0. The molecule has 1 fully saturated rings. The molecule has 0 aromatic rings. The molecule has 0 unspecified atom stereocenters. The molecule has 2 atom stereocenters. The minimum absolute atomic E-state index is 0.0812. The van der Waals surface area contributed by atoms with Crippen molar-refractivity contribution < 1.29 is 9.47 Å².